The van der Waals surface area contributed by atoms with E-state index in [9.17, 15) is 4.79 Å². The van der Waals surface area contributed by atoms with Crippen molar-refractivity contribution in [2.24, 2.45) is 0 Å². The number of nitrogens with one attached hydrogen (secondary N) is 1. The van der Waals surface area contributed by atoms with Gasteiger partial charge in [-0.2, -0.15) is 0 Å². The zero-order valence-electron chi connectivity index (χ0n) is 8.73. The van der Waals surface area contributed by atoms with Crippen molar-refractivity contribution in [3.05, 3.63) is 35.9 Å². The summed E-state index contributed by atoms with van der Waals surface area (Å²) < 4.78 is 5.05. The summed E-state index contributed by atoms with van der Waals surface area (Å²) in [4.78, 5) is 11.4. The lowest BCUT2D eigenvalue weighted by Crippen LogP contribution is -2.13. The summed E-state index contributed by atoms with van der Waals surface area (Å²) in [6.45, 7) is 1.33. The minimum Gasteiger partial charge on any atom is -0.462 e. The number of carbonyl (C=O) groups is 1. The van der Waals surface area contributed by atoms with Gasteiger partial charge in [0.15, 0.2) is 0 Å². The van der Waals surface area contributed by atoms with Crippen molar-refractivity contribution in [3.8, 4) is 0 Å². The number of halogens is 1. The third-order valence-electron chi connectivity index (χ3n) is 1.81. The Balaban J connectivity index is 0.00000196. The van der Waals surface area contributed by atoms with Gasteiger partial charge < -0.3 is 10.1 Å². The van der Waals surface area contributed by atoms with Crippen LogP contribution in [0.4, 0.5) is 0 Å². The molecule has 0 spiro atoms. The predicted molar refractivity (Wildman–Crippen MR) is 62.5 cm³/mol. The van der Waals surface area contributed by atoms with Gasteiger partial charge in [0.1, 0.15) is 0 Å². The first kappa shape index (κ1) is 13.9. The minimum absolute atomic E-state index is 0. The molecular weight excluding hydrogens is 214 g/mol. The Bertz CT molecular complexity index is 277. The molecule has 0 atom stereocenters. The van der Waals surface area contributed by atoms with Crippen LogP contribution in [0.5, 0.6) is 0 Å². The topological polar surface area (TPSA) is 38.3 Å². The highest BCUT2D eigenvalue weighted by Crippen LogP contribution is 2.00. The van der Waals surface area contributed by atoms with Gasteiger partial charge in [0, 0.05) is 0 Å². The molecule has 1 aromatic rings. The normalized spacial score (nSPS) is 9.13. The Morgan fingerprint density at radius 1 is 1.33 bits per heavy atom. The van der Waals surface area contributed by atoms with Crippen molar-refractivity contribution >= 4 is 18.4 Å². The Morgan fingerprint density at radius 3 is 2.60 bits per heavy atom. The van der Waals surface area contributed by atoms with Crippen LogP contribution in [0.3, 0.4) is 0 Å². The maximum absolute atomic E-state index is 11.4. The molecule has 0 saturated carbocycles. The maximum Gasteiger partial charge on any atom is 0.338 e. The summed E-state index contributed by atoms with van der Waals surface area (Å²) in [6.07, 6.45) is 0.842. The van der Waals surface area contributed by atoms with Crippen LogP contribution in [0, 0.1) is 0 Å². The molecule has 0 heterocycles. The largest absolute Gasteiger partial charge is 0.462 e. The van der Waals surface area contributed by atoms with Crippen LogP contribution in [0.15, 0.2) is 30.3 Å². The van der Waals surface area contributed by atoms with Gasteiger partial charge in [-0.3, -0.25) is 0 Å². The van der Waals surface area contributed by atoms with E-state index in [0.29, 0.717) is 12.2 Å². The van der Waals surface area contributed by atoms with Crippen LogP contribution < -0.4 is 5.32 Å². The molecule has 0 unspecified atom stereocenters. The van der Waals surface area contributed by atoms with Gasteiger partial charge in [0.2, 0.25) is 0 Å². The van der Waals surface area contributed by atoms with E-state index < -0.39 is 0 Å². The van der Waals surface area contributed by atoms with Crippen molar-refractivity contribution in [1.29, 1.82) is 0 Å². The summed E-state index contributed by atoms with van der Waals surface area (Å²) in [5.74, 6) is -0.248. The average Bonchev–Trinajstić information content (AvgIpc) is 2.25. The monoisotopic (exact) mass is 229 g/mol. The number of benzene rings is 1. The van der Waals surface area contributed by atoms with Crippen LogP contribution >= 0.6 is 12.4 Å². The van der Waals surface area contributed by atoms with Gasteiger partial charge in [-0.15, -0.1) is 12.4 Å². The van der Waals surface area contributed by atoms with E-state index in [4.69, 9.17) is 4.74 Å². The number of ether oxygens (including phenoxy) is 1. The lowest BCUT2D eigenvalue weighted by atomic mass is 10.2. The fourth-order valence-corrected chi connectivity index (χ4v) is 1.07. The van der Waals surface area contributed by atoms with Gasteiger partial charge in [-0.25, -0.2) is 4.79 Å². The van der Waals surface area contributed by atoms with Crippen LogP contribution in [0.1, 0.15) is 16.8 Å². The molecule has 4 heteroatoms. The minimum atomic E-state index is -0.248. The zero-order chi connectivity index (χ0) is 10.2. The second kappa shape index (κ2) is 8.26. The number of esters is 1. The summed E-state index contributed by atoms with van der Waals surface area (Å²) in [6, 6.07) is 9.02. The molecule has 1 N–H and O–H groups in total. The van der Waals surface area contributed by atoms with E-state index in [1.54, 1.807) is 12.1 Å². The molecule has 1 rings (SSSR count). The molecule has 3 nitrogen and oxygen atoms in total. The first-order chi connectivity index (χ1) is 6.84. The van der Waals surface area contributed by atoms with E-state index in [2.05, 4.69) is 5.32 Å². The number of hydrogen-bond acceptors (Lipinski definition) is 3. The average molecular weight is 230 g/mol. The van der Waals surface area contributed by atoms with E-state index in [-0.39, 0.29) is 18.4 Å². The van der Waals surface area contributed by atoms with Crippen LogP contribution in [-0.2, 0) is 4.74 Å². The highest BCUT2D eigenvalue weighted by molar-refractivity contribution is 5.89. The number of carbonyl (C=O) groups excluding carboxylic acids is 1. The highest BCUT2D eigenvalue weighted by atomic mass is 35.5. The third kappa shape index (κ3) is 5.40. The van der Waals surface area contributed by atoms with E-state index in [1.165, 1.54) is 0 Å². The molecule has 0 bridgehead atoms. The fourth-order valence-electron chi connectivity index (χ4n) is 1.07. The summed E-state index contributed by atoms with van der Waals surface area (Å²) in [5.41, 5.74) is 0.608. The molecule has 0 radical (unpaired) electrons. The number of hydrogen-bond donors (Lipinski definition) is 1. The molecule has 84 valence electrons. The quantitative estimate of drug-likeness (QED) is 0.619. The van der Waals surface area contributed by atoms with Gasteiger partial charge in [0.05, 0.1) is 12.2 Å². The van der Waals surface area contributed by atoms with Crippen LogP contribution in [0.2, 0.25) is 0 Å². The third-order valence-corrected chi connectivity index (χ3v) is 1.81. The summed E-state index contributed by atoms with van der Waals surface area (Å²) >= 11 is 0. The second-order valence-corrected chi connectivity index (χ2v) is 2.96. The standard InChI is InChI=1S/C11H15NO2.ClH/c1-12-8-5-9-14-11(13)10-6-3-2-4-7-10;/h2-4,6-7,12H,5,8-9H2,1H3;1H. The SMILES string of the molecule is CNCCCOC(=O)c1ccccc1.Cl. The van der Waals surface area contributed by atoms with Crippen molar-refractivity contribution in [1.82, 2.24) is 5.32 Å². The van der Waals surface area contributed by atoms with Crippen molar-refractivity contribution < 1.29 is 9.53 Å². The molecule has 0 aliphatic heterocycles. The first-order valence-electron chi connectivity index (χ1n) is 4.71. The molecule has 15 heavy (non-hydrogen) atoms. The Kier molecular flexibility index (Phi) is 7.68. The molecule has 0 amide bonds. The van der Waals surface area contributed by atoms with Crippen LogP contribution in [0.25, 0.3) is 0 Å². The fraction of sp³-hybridized carbons (Fsp3) is 0.364. The van der Waals surface area contributed by atoms with Gasteiger partial charge >= 0.3 is 5.97 Å². The highest BCUT2D eigenvalue weighted by Gasteiger charge is 2.04. The zero-order valence-corrected chi connectivity index (χ0v) is 9.55. The summed E-state index contributed by atoms with van der Waals surface area (Å²) in [5, 5.41) is 2.99. The van der Waals surface area contributed by atoms with Gasteiger partial charge in [-0.1, -0.05) is 18.2 Å². The van der Waals surface area contributed by atoms with E-state index in [0.717, 1.165) is 13.0 Å². The predicted octanol–water partition coefficient (Wildman–Crippen LogP) is 1.87. The number of rotatable bonds is 5. The van der Waals surface area contributed by atoms with Crippen molar-refractivity contribution in [2.45, 2.75) is 6.42 Å². The summed E-state index contributed by atoms with van der Waals surface area (Å²) in [7, 11) is 1.87. The van der Waals surface area contributed by atoms with Crippen molar-refractivity contribution in [3.63, 3.8) is 0 Å². The van der Waals surface area contributed by atoms with Crippen LogP contribution in [-0.4, -0.2) is 26.2 Å². The molecule has 0 saturated heterocycles. The second-order valence-electron chi connectivity index (χ2n) is 2.96. The Labute approximate surface area is 96.2 Å². The van der Waals surface area contributed by atoms with Gasteiger partial charge in [-0.05, 0) is 32.1 Å². The Morgan fingerprint density at radius 2 is 2.00 bits per heavy atom. The van der Waals surface area contributed by atoms with E-state index in [1.807, 2.05) is 25.2 Å². The molecular formula is C11H16ClNO2. The van der Waals surface area contributed by atoms with E-state index >= 15 is 0 Å². The molecule has 0 aliphatic carbocycles. The van der Waals surface area contributed by atoms with Gasteiger partial charge in [0.25, 0.3) is 0 Å². The lowest BCUT2D eigenvalue weighted by Gasteiger charge is -2.03. The molecule has 0 fully saturated rings. The lowest BCUT2D eigenvalue weighted by molar-refractivity contribution is 0.0501. The smallest absolute Gasteiger partial charge is 0.338 e. The first-order valence-corrected chi connectivity index (χ1v) is 4.71. The molecule has 1 aromatic carbocycles. The molecule has 0 aliphatic rings. The van der Waals surface area contributed by atoms with Crippen molar-refractivity contribution in [2.75, 3.05) is 20.2 Å². The maximum atomic E-state index is 11.4. The Hall–Kier alpha value is -1.06. The molecule has 0 aromatic heterocycles.